The summed E-state index contributed by atoms with van der Waals surface area (Å²) in [7, 11) is 0. The van der Waals surface area contributed by atoms with Crippen LogP contribution in [0.5, 0.6) is 0 Å². The molecule has 150 valence electrons. The zero-order chi connectivity index (χ0) is 20.4. The number of nitrogens with zero attached hydrogens (tertiary/aromatic N) is 3. The van der Waals surface area contributed by atoms with Crippen molar-refractivity contribution in [3.8, 4) is 0 Å². The van der Waals surface area contributed by atoms with Gasteiger partial charge in [0.15, 0.2) is 6.10 Å². The lowest BCUT2D eigenvalue weighted by Crippen LogP contribution is -2.39. The number of amides is 1. The average Bonchev–Trinajstić information content (AvgIpc) is 3.16. The van der Waals surface area contributed by atoms with E-state index in [0.29, 0.717) is 17.6 Å². The third kappa shape index (κ3) is 3.85. The van der Waals surface area contributed by atoms with E-state index in [2.05, 4.69) is 27.8 Å². The number of hydrogen-bond acceptors (Lipinski definition) is 5. The molecule has 1 aliphatic carbocycles. The number of aryl methyl sites for hydroxylation is 2. The maximum Gasteiger partial charge on any atom is 0.338 e. The molecule has 3 aromatic rings. The van der Waals surface area contributed by atoms with Crippen molar-refractivity contribution < 1.29 is 14.3 Å². The van der Waals surface area contributed by atoms with Crippen molar-refractivity contribution in [2.45, 2.75) is 51.8 Å². The molecule has 1 aliphatic rings. The van der Waals surface area contributed by atoms with E-state index in [9.17, 15) is 9.59 Å². The monoisotopic (exact) mass is 392 g/mol. The summed E-state index contributed by atoms with van der Waals surface area (Å²) in [5.74, 6) is -0.845. The lowest BCUT2D eigenvalue weighted by atomic mass is 9.87. The van der Waals surface area contributed by atoms with E-state index >= 15 is 0 Å². The van der Waals surface area contributed by atoms with E-state index in [1.165, 1.54) is 5.56 Å². The molecule has 0 saturated carbocycles. The van der Waals surface area contributed by atoms with Gasteiger partial charge in [0.1, 0.15) is 5.52 Å². The largest absolute Gasteiger partial charge is 0.449 e. The van der Waals surface area contributed by atoms with Crippen LogP contribution in [0.25, 0.3) is 11.0 Å². The smallest absolute Gasteiger partial charge is 0.338 e. The number of benzene rings is 2. The van der Waals surface area contributed by atoms with Crippen LogP contribution in [0.3, 0.4) is 0 Å². The number of esters is 1. The summed E-state index contributed by atoms with van der Waals surface area (Å²) in [5.41, 5.74) is 4.24. The number of fused-ring (bicyclic) bond motifs is 2. The maximum absolute atomic E-state index is 12.6. The molecule has 1 heterocycles. The van der Waals surface area contributed by atoms with E-state index in [-0.39, 0.29) is 11.9 Å². The van der Waals surface area contributed by atoms with Gasteiger partial charge in [-0.3, -0.25) is 4.79 Å². The van der Waals surface area contributed by atoms with E-state index < -0.39 is 12.1 Å². The highest BCUT2D eigenvalue weighted by atomic mass is 16.5. The Hall–Kier alpha value is -3.22. The SMILES string of the molecule is CCn1nnc2cc(C(=O)O[C@@H](C)C(=O)N[C@H]3CCCc4ccccc43)ccc21. The molecule has 1 aromatic heterocycles. The lowest BCUT2D eigenvalue weighted by molar-refractivity contribution is -0.130. The van der Waals surface area contributed by atoms with Crippen molar-refractivity contribution in [2.24, 2.45) is 0 Å². The highest BCUT2D eigenvalue weighted by Gasteiger charge is 2.25. The lowest BCUT2D eigenvalue weighted by Gasteiger charge is -2.27. The zero-order valence-corrected chi connectivity index (χ0v) is 16.6. The van der Waals surface area contributed by atoms with Crippen molar-refractivity contribution in [2.75, 3.05) is 0 Å². The fraction of sp³-hybridized carbons (Fsp3) is 0.364. The van der Waals surface area contributed by atoms with Crippen LogP contribution in [0, 0.1) is 0 Å². The van der Waals surface area contributed by atoms with E-state index in [1.54, 1.807) is 29.8 Å². The predicted molar refractivity (Wildman–Crippen MR) is 108 cm³/mol. The molecule has 7 heteroatoms. The molecule has 7 nitrogen and oxygen atoms in total. The molecular weight excluding hydrogens is 368 g/mol. The van der Waals surface area contributed by atoms with Crippen LogP contribution in [0.2, 0.25) is 0 Å². The van der Waals surface area contributed by atoms with Crippen LogP contribution in [-0.4, -0.2) is 33.0 Å². The fourth-order valence-corrected chi connectivity index (χ4v) is 3.81. The second-order valence-corrected chi connectivity index (χ2v) is 7.31. The number of hydrogen-bond donors (Lipinski definition) is 1. The van der Waals surface area contributed by atoms with Crippen LogP contribution in [-0.2, 0) is 22.5 Å². The molecule has 0 spiro atoms. The molecule has 0 aliphatic heterocycles. The first kappa shape index (κ1) is 19.1. The van der Waals surface area contributed by atoms with Gasteiger partial charge in [0.2, 0.25) is 0 Å². The van der Waals surface area contributed by atoms with E-state index in [4.69, 9.17) is 4.74 Å². The number of nitrogens with one attached hydrogen (secondary N) is 1. The van der Waals surface area contributed by atoms with Crippen LogP contribution in [0.15, 0.2) is 42.5 Å². The molecule has 0 unspecified atom stereocenters. The van der Waals surface area contributed by atoms with Gasteiger partial charge in [-0.2, -0.15) is 0 Å². The van der Waals surface area contributed by atoms with Gasteiger partial charge in [-0.15, -0.1) is 5.10 Å². The molecule has 1 N–H and O–H groups in total. The molecule has 0 saturated heterocycles. The minimum atomic E-state index is -0.890. The quantitative estimate of drug-likeness (QED) is 0.674. The first-order valence-electron chi connectivity index (χ1n) is 9.99. The Balaban J connectivity index is 1.42. The number of aromatic nitrogens is 3. The average molecular weight is 392 g/mol. The second-order valence-electron chi connectivity index (χ2n) is 7.31. The normalized spacial score (nSPS) is 16.8. The first-order valence-corrected chi connectivity index (χ1v) is 9.99. The molecule has 29 heavy (non-hydrogen) atoms. The van der Waals surface area contributed by atoms with Gasteiger partial charge < -0.3 is 10.1 Å². The highest BCUT2D eigenvalue weighted by Crippen LogP contribution is 2.29. The van der Waals surface area contributed by atoms with Gasteiger partial charge in [0.25, 0.3) is 5.91 Å². The summed E-state index contributed by atoms with van der Waals surface area (Å²) in [6.45, 7) is 4.26. The Bertz CT molecular complexity index is 1060. The van der Waals surface area contributed by atoms with Crippen LogP contribution in [0.1, 0.15) is 54.2 Å². The summed E-state index contributed by atoms with van der Waals surface area (Å²) in [4.78, 5) is 25.1. The Morgan fingerprint density at radius 2 is 2.10 bits per heavy atom. The Labute approximate surface area is 169 Å². The molecule has 0 radical (unpaired) electrons. The molecule has 4 rings (SSSR count). The van der Waals surface area contributed by atoms with Gasteiger partial charge in [0.05, 0.1) is 17.1 Å². The van der Waals surface area contributed by atoms with Crippen LogP contribution >= 0.6 is 0 Å². The van der Waals surface area contributed by atoms with Crippen LogP contribution in [0.4, 0.5) is 0 Å². The van der Waals surface area contributed by atoms with Crippen molar-refractivity contribution in [3.05, 3.63) is 59.2 Å². The molecule has 0 bridgehead atoms. The Morgan fingerprint density at radius 3 is 2.93 bits per heavy atom. The van der Waals surface area contributed by atoms with Gasteiger partial charge in [-0.25, -0.2) is 9.48 Å². The van der Waals surface area contributed by atoms with Gasteiger partial charge in [0, 0.05) is 6.54 Å². The van der Waals surface area contributed by atoms with E-state index in [0.717, 1.165) is 30.3 Å². The first-order chi connectivity index (χ1) is 14.1. The summed E-state index contributed by atoms with van der Waals surface area (Å²) >= 11 is 0. The Kier molecular flexibility index (Phi) is 5.29. The highest BCUT2D eigenvalue weighted by molar-refractivity contribution is 5.95. The summed E-state index contributed by atoms with van der Waals surface area (Å²) in [6.07, 6.45) is 2.04. The van der Waals surface area contributed by atoms with E-state index in [1.807, 2.05) is 19.1 Å². The molecule has 1 amide bonds. The maximum atomic E-state index is 12.6. The second kappa shape index (κ2) is 8.03. The third-order valence-corrected chi connectivity index (χ3v) is 5.39. The summed E-state index contributed by atoms with van der Waals surface area (Å²) in [5, 5.41) is 11.1. The van der Waals surface area contributed by atoms with Crippen molar-refractivity contribution in [1.82, 2.24) is 20.3 Å². The standard InChI is InChI=1S/C22H24N4O3/c1-3-26-20-12-11-16(13-19(20)24-25-26)22(28)29-14(2)21(27)23-18-10-6-8-15-7-4-5-9-17(15)18/h4-5,7,9,11-14,18H,3,6,8,10H2,1-2H3,(H,23,27)/t14-,18-/m0/s1. The minimum absolute atomic E-state index is 0.0472. The summed E-state index contributed by atoms with van der Waals surface area (Å²) < 4.78 is 7.16. The predicted octanol–water partition coefficient (Wildman–Crippen LogP) is 3.19. The molecule has 0 fully saturated rings. The minimum Gasteiger partial charge on any atom is -0.449 e. The topological polar surface area (TPSA) is 86.1 Å². The number of rotatable bonds is 5. The number of carbonyl (C=O) groups is 2. The fourth-order valence-electron chi connectivity index (χ4n) is 3.81. The van der Waals surface area contributed by atoms with Gasteiger partial charge in [-0.05, 0) is 62.4 Å². The molecule has 2 aromatic carbocycles. The van der Waals surface area contributed by atoms with Gasteiger partial charge in [-0.1, -0.05) is 29.5 Å². The summed E-state index contributed by atoms with van der Waals surface area (Å²) in [6, 6.07) is 13.2. The number of ether oxygens (including phenoxy) is 1. The van der Waals surface area contributed by atoms with Crippen molar-refractivity contribution in [3.63, 3.8) is 0 Å². The van der Waals surface area contributed by atoms with Gasteiger partial charge >= 0.3 is 5.97 Å². The van der Waals surface area contributed by atoms with Crippen molar-refractivity contribution >= 4 is 22.9 Å². The van der Waals surface area contributed by atoms with Crippen molar-refractivity contribution in [1.29, 1.82) is 0 Å². The third-order valence-electron chi connectivity index (χ3n) is 5.39. The van der Waals surface area contributed by atoms with Crippen LogP contribution < -0.4 is 5.32 Å². The Morgan fingerprint density at radius 1 is 1.28 bits per heavy atom. The molecule has 2 atom stereocenters. The zero-order valence-electron chi connectivity index (χ0n) is 16.6. The molecular formula is C22H24N4O3. The number of carbonyl (C=O) groups excluding carboxylic acids is 2.